The Morgan fingerprint density at radius 1 is 1.08 bits per heavy atom. The van der Waals surface area contributed by atoms with Gasteiger partial charge in [0.1, 0.15) is 41.5 Å². The Labute approximate surface area is 218 Å². The van der Waals surface area contributed by atoms with Crippen LogP contribution in [0, 0.1) is 12.7 Å². The lowest BCUT2D eigenvalue weighted by atomic mass is 10.1. The molecule has 0 spiro atoms. The lowest BCUT2D eigenvalue weighted by Crippen LogP contribution is -2.49. The fourth-order valence-corrected chi connectivity index (χ4v) is 5.13. The van der Waals surface area contributed by atoms with Crippen LogP contribution < -0.4 is 10.6 Å². The number of fused-ring (bicyclic) bond motifs is 2. The molecule has 1 aromatic carbocycles. The molecule has 3 N–H and O–H groups in total. The van der Waals surface area contributed by atoms with Gasteiger partial charge in [-0.1, -0.05) is 0 Å². The highest BCUT2D eigenvalue weighted by atomic mass is 19.1. The Morgan fingerprint density at radius 2 is 1.87 bits per heavy atom. The first-order chi connectivity index (χ1) is 18.3. The molecule has 6 rings (SSSR count). The molecule has 1 fully saturated rings. The van der Waals surface area contributed by atoms with Crippen LogP contribution in [-0.2, 0) is 6.54 Å². The van der Waals surface area contributed by atoms with Gasteiger partial charge in [0, 0.05) is 50.0 Å². The van der Waals surface area contributed by atoms with Crippen LogP contribution in [0.5, 0.6) is 5.75 Å². The van der Waals surface area contributed by atoms with Crippen LogP contribution in [0.25, 0.3) is 27.8 Å². The molecule has 0 bridgehead atoms. The van der Waals surface area contributed by atoms with Gasteiger partial charge in [0.15, 0.2) is 17.3 Å². The summed E-state index contributed by atoms with van der Waals surface area (Å²) in [6.07, 6.45) is 3.30. The topological polar surface area (TPSA) is 127 Å². The molecule has 0 radical (unpaired) electrons. The van der Waals surface area contributed by atoms with E-state index in [-0.39, 0.29) is 18.1 Å². The summed E-state index contributed by atoms with van der Waals surface area (Å²) in [6, 6.07) is 6.30. The molecule has 11 nitrogen and oxygen atoms in total. The molecule has 196 valence electrons. The third-order valence-electron chi connectivity index (χ3n) is 7.09. The Morgan fingerprint density at radius 3 is 2.61 bits per heavy atom. The quantitative estimate of drug-likeness (QED) is 0.363. The predicted molar refractivity (Wildman–Crippen MR) is 143 cm³/mol. The van der Waals surface area contributed by atoms with Gasteiger partial charge in [0.05, 0.1) is 5.39 Å². The average molecular weight is 517 g/mol. The van der Waals surface area contributed by atoms with Crippen LogP contribution in [0.15, 0.2) is 36.8 Å². The standard InChI is InChI=1S/C26H29FN10O/c1-15(2)34-6-8-35(9-7-34)26-23-16(3)4-5-36(23)32-20(31-26)13-37-25-21(24(28)29-14-30-25)22(33-37)17-10-18(27)12-19(38)11-17/h4-5,10-12,14-15,38H,6-9,13H2,1-3H3,(H2,28,29,30). The number of nitrogens with two attached hydrogens (primary N) is 1. The molecule has 0 aliphatic carbocycles. The van der Waals surface area contributed by atoms with Crippen LogP contribution in [0.2, 0.25) is 0 Å². The van der Waals surface area contributed by atoms with E-state index in [1.54, 1.807) is 4.68 Å². The number of aryl methyl sites for hydroxylation is 1. The minimum absolute atomic E-state index is 0.209. The van der Waals surface area contributed by atoms with Crippen molar-refractivity contribution >= 4 is 28.2 Å². The van der Waals surface area contributed by atoms with Crippen molar-refractivity contribution in [3.05, 3.63) is 54.0 Å². The maximum Gasteiger partial charge on any atom is 0.173 e. The molecule has 4 aromatic heterocycles. The van der Waals surface area contributed by atoms with Crippen LogP contribution in [0.4, 0.5) is 16.0 Å². The zero-order valence-electron chi connectivity index (χ0n) is 21.5. The highest BCUT2D eigenvalue weighted by molar-refractivity contribution is 5.98. The second-order valence-electron chi connectivity index (χ2n) is 9.92. The summed E-state index contributed by atoms with van der Waals surface area (Å²) in [7, 11) is 0. The summed E-state index contributed by atoms with van der Waals surface area (Å²) in [5, 5.41) is 19.9. The number of phenols is 1. The highest BCUT2D eigenvalue weighted by Gasteiger charge is 2.24. The molecule has 5 aromatic rings. The number of hydrogen-bond acceptors (Lipinski definition) is 9. The number of aromatic hydroxyl groups is 1. The van der Waals surface area contributed by atoms with Crippen LogP contribution >= 0.6 is 0 Å². The van der Waals surface area contributed by atoms with Gasteiger partial charge < -0.3 is 15.7 Å². The first-order valence-corrected chi connectivity index (χ1v) is 12.6. The Bertz CT molecular complexity index is 1630. The molecule has 0 unspecified atom stereocenters. The van der Waals surface area contributed by atoms with E-state index in [0.29, 0.717) is 34.2 Å². The van der Waals surface area contributed by atoms with Gasteiger partial charge in [-0.25, -0.2) is 28.5 Å². The number of halogens is 1. The van der Waals surface area contributed by atoms with E-state index in [1.165, 1.54) is 18.5 Å². The molecule has 0 atom stereocenters. The zero-order valence-corrected chi connectivity index (χ0v) is 21.5. The maximum atomic E-state index is 14.1. The van der Waals surface area contributed by atoms with Crippen molar-refractivity contribution in [3.8, 4) is 17.0 Å². The van der Waals surface area contributed by atoms with E-state index in [9.17, 15) is 9.50 Å². The van der Waals surface area contributed by atoms with E-state index in [2.05, 4.69) is 40.5 Å². The summed E-state index contributed by atoms with van der Waals surface area (Å²) in [4.78, 5) is 18.3. The van der Waals surface area contributed by atoms with E-state index in [4.69, 9.17) is 20.9 Å². The van der Waals surface area contributed by atoms with Crippen molar-refractivity contribution < 1.29 is 9.50 Å². The zero-order chi connectivity index (χ0) is 26.6. The fraction of sp³-hybridized carbons (Fsp3) is 0.346. The van der Waals surface area contributed by atoms with Gasteiger partial charge in [-0.05, 0) is 44.5 Å². The summed E-state index contributed by atoms with van der Waals surface area (Å²) < 4.78 is 17.6. The Hall–Kier alpha value is -4.32. The van der Waals surface area contributed by atoms with Crippen molar-refractivity contribution in [3.63, 3.8) is 0 Å². The second kappa shape index (κ2) is 9.21. The maximum absolute atomic E-state index is 14.1. The fourth-order valence-electron chi connectivity index (χ4n) is 5.13. The number of anilines is 2. The molecule has 38 heavy (non-hydrogen) atoms. The van der Waals surface area contributed by atoms with E-state index >= 15 is 0 Å². The van der Waals surface area contributed by atoms with Crippen molar-refractivity contribution in [2.45, 2.75) is 33.4 Å². The normalized spacial score (nSPS) is 14.8. The molecule has 0 saturated carbocycles. The smallest absolute Gasteiger partial charge is 0.173 e. The van der Waals surface area contributed by atoms with Crippen LogP contribution in [-0.4, -0.2) is 76.6 Å². The highest BCUT2D eigenvalue weighted by Crippen LogP contribution is 2.33. The predicted octanol–water partition coefficient (Wildman–Crippen LogP) is 2.85. The molecule has 0 amide bonds. The van der Waals surface area contributed by atoms with Crippen LogP contribution in [0.3, 0.4) is 0 Å². The Kier molecular flexibility index (Phi) is 5.83. The third-order valence-corrected chi connectivity index (χ3v) is 7.09. The summed E-state index contributed by atoms with van der Waals surface area (Å²) in [6.45, 7) is 10.4. The summed E-state index contributed by atoms with van der Waals surface area (Å²) in [5.41, 5.74) is 9.50. The van der Waals surface area contributed by atoms with Crippen molar-refractivity contribution in [1.29, 1.82) is 0 Å². The minimum Gasteiger partial charge on any atom is -0.508 e. The van der Waals surface area contributed by atoms with Gasteiger partial charge in [-0.2, -0.15) is 10.2 Å². The molecule has 12 heteroatoms. The van der Waals surface area contributed by atoms with Gasteiger partial charge in [0.25, 0.3) is 0 Å². The molecule has 5 heterocycles. The number of piperazine rings is 1. The number of nitrogens with zero attached hydrogens (tertiary/aromatic N) is 9. The number of phenolic OH excluding ortho intramolecular Hbond substituents is 1. The molecule has 1 aliphatic rings. The van der Waals surface area contributed by atoms with Gasteiger partial charge in [-0.3, -0.25) is 4.90 Å². The van der Waals surface area contributed by atoms with Crippen LogP contribution in [0.1, 0.15) is 25.2 Å². The van der Waals surface area contributed by atoms with Crippen molar-refractivity contribution in [2.24, 2.45) is 0 Å². The van der Waals surface area contributed by atoms with Crippen molar-refractivity contribution in [1.82, 2.24) is 39.2 Å². The minimum atomic E-state index is -0.586. The molecular weight excluding hydrogens is 487 g/mol. The monoisotopic (exact) mass is 516 g/mol. The second-order valence-corrected chi connectivity index (χ2v) is 9.92. The number of rotatable bonds is 5. The first kappa shape index (κ1) is 24.0. The Balaban J connectivity index is 1.43. The third kappa shape index (κ3) is 4.16. The number of aromatic nitrogens is 7. The lowest BCUT2D eigenvalue weighted by molar-refractivity contribution is 0.209. The van der Waals surface area contributed by atoms with E-state index in [0.717, 1.165) is 49.1 Å². The lowest BCUT2D eigenvalue weighted by Gasteiger charge is -2.37. The summed E-state index contributed by atoms with van der Waals surface area (Å²) in [5.74, 6) is 0.849. The molecule has 1 saturated heterocycles. The van der Waals surface area contributed by atoms with E-state index < -0.39 is 5.82 Å². The summed E-state index contributed by atoms with van der Waals surface area (Å²) >= 11 is 0. The van der Waals surface area contributed by atoms with Gasteiger partial charge >= 0.3 is 0 Å². The van der Waals surface area contributed by atoms with E-state index in [1.807, 2.05) is 16.8 Å². The largest absolute Gasteiger partial charge is 0.508 e. The van der Waals surface area contributed by atoms with Gasteiger partial charge in [-0.15, -0.1) is 0 Å². The first-order valence-electron chi connectivity index (χ1n) is 12.6. The SMILES string of the molecule is Cc1ccn2nc(Cn3nc(-c4cc(O)cc(F)c4)c4c(N)ncnc43)nc(N3CCN(C(C)C)CC3)c12. The number of benzene rings is 1. The van der Waals surface area contributed by atoms with Gasteiger partial charge in [0.2, 0.25) is 0 Å². The van der Waals surface area contributed by atoms with Crippen molar-refractivity contribution in [2.75, 3.05) is 36.8 Å². The number of nitrogen functional groups attached to an aromatic ring is 1. The molecule has 1 aliphatic heterocycles. The average Bonchev–Trinajstić information content (AvgIpc) is 3.44. The number of hydrogen-bond donors (Lipinski definition) is 2. The molecular formula is C26H29FN10O.